The lowest BCUT2D eigenvalue weighted by Crippen LogP contribution is -2.49. The van der Waals surface area contributed by atoms with Gasteiger partial charge >= 0.3 is 13.7 Å². The summed E-state index contributed by atoms with van der Waals surface area (Å²) in [6, 6.07) is -0.413. The summed E-state index contributed by atoms with van der Waals surface area (Å²) in [6.07, 6.45) is 1.15. The molecule has 0 aliphatic carbocycles. The van der Waals surface area contributed by atoms with Gasteiger partial charge in [-0.3, -0.25) is 9.46 Å². The first-order valence-corrected chi connectivity index (χ1v) is 9.79. The summed E-state index contributed by atoms with van der Waals surface area (Å²) in [4.78, 5) is 14.0. The van der Waals surface area contributed by atoms with Crippen molar-refractivity contribution >= 4 is 13.7 Å². The molecule has 0 saturated carbocycles. The van der Waals surface area contributed by atoms with Gasteiger partial charge in [-0.15, -0.1) is 0 Å². The molecule has 140 valence electrons. The molecule has 1 rings (SSSR count). The van der Waals surface area contributed by atoms with E-state index in [0.717, 1.165) is 0 Å². The van der Waals surface area contributed by atoms with Crippen LogP contribution in [0.2, 0.25) is 0 Å². The predicted molar refractivity (Wildman–Crippen MR) is 91.9 cm³/mol. The van der Waals surface area contributed by atoms with Gasteiger partial charge in [-0.1, -0.05) is 6.08 Å². The van der Waals surface area contributed by atoms with Crippen molar-refractivity contribution in [2.75, 3.05) is 19.8 Å². The molecule has 1 heterocycles. The summed E-state index contributed by atoms with van der Waals surface area (Å²) in [5.41, 5.74) is -1.44. The normalized spacial score (nSPS) is 21.5. The molecular formula is C16H30NO6P. The van der Waals surface area contributed by atoms with Crippen molar-refractivity contribution in [2.45, 2.75) is 65.8 Å². The first kappa shape index (κ1) is 21.2. The van der Waals surface area contributed by atoms with Crippen LogP contribution in [0.15, 0.2) is 11.9 Å². The van der Waals surface area contributed by atoms with E-state index in [1.54, 1.807) is 54.5 Å². The molecule has 7 nitrogen and oxygen atoms in total. The molecule has 1 aliphatic rings. The highest BCUT2D eigenvalue weighted by molar-refractivity contribution is 7.57. The van der Waals surface area contributed by atoms with Gasteiger partial charge in [-0.2, -0.15) is 0 Å². The first-order valence-electron chi connectivity index (χ1n) is 8.18. The van der Waals surface area contributed by atoms with Gasteiger partial charge in [0.2, 0.25) is 0 Å². The maximum atomic E-state index is 12.5. The van der Waals surface area contributed by atoms with Gasteiger partial charge in [-0.25, -0.2) is 4.79 Å². The Labute approximate surface area is 144 Å². The van der Waals surface area contributed by atoms with Crippen LogP contribution in [0.1, 0.15) is 48.5 Å². The summed E-state index contributed by atoms with van der Waals surface area (Å²) >= 11 is 0. The molecule has 24 heavy (non-hydrogen) atoms. The van der Waals surface area contributed by atoms with E-state index < -0.39 is 31.1 Å². The van der Waals surface area contributed by atoms with Gasteiger partial charge in [0.15, 0.2) is 0 Å². The van der Waals surface area contributed by atoms with Crippen LogP contribution >= 0.6 is 7.60 Å². The van der Waals surface area contributed by atoms with E-state index >= 15 is 0 Å². The maximum Gasteiger partial charge on any atom is 0.413 e. The minimum atomic E-state index is -3.33. The largest absolute Gasteiger partial charge is 0.444 e. The number of hydrogen-bond acceptors (Lipinski definition) is 6. The Morgan fingerprint density at radius 2 is 1.83 bits per heavy atom. The number of carbonyl (C=O) groups excluding carboxylic acids is 1. The van der Waals surface area contributed by atoms with Gasteiger partial charge in [0.25, 0.3) is 0 Å². The van der Waals surface area contributed by atoms with Crippen molar-refractivity contribution in [3.05, 3.63) is 11.9 Å². The van der Waals surface area contributed by atoms with Crippen molar-refractivity contribution in [1.29, 1.82) is 0 Å². The Bertz CT molecular complexity index is 501. The Hall–Kier alpha value is -0.880. The van der Waals surface area contributed by atoms with E-state index in [-0.39, 0.29) is 19.8 Å². The summed E-state index contributed by atoms with van der Waals surface area (Å²) in [6.45, 7) is 13.3. The Kier molecular flexibility index (Phi) is 7.05. The fraction of sp³-hybridized carbons (Fsp3) is 0.812. The Morgan fingerprint density at radius 3 is 2.29 bits per heavy atom. The van der Waals surface area contributed by atoms with Crippen molar-refractivity contribution in [3.8, 4) is 0 Å². The minimum Gasteiger partial charge on any atom is -0.444 e. The fourth-order valence-corrected chi connectivity index (χ4v) is 3.70. The van der Waals surface area contributed by atoms with E-state index in [9.17, 15) is 9.36 Å². The molecule has 0 aromatic rings. The second kappa shape index (κ2) is 8.00. The number of rotatable bonds is 6. The second-order valence-electron chi connectivity index (χ2n) is 6.89. The molecule has 0 aromatic heterocycles. The van der Waals surface area contributed by atoms with Crippen LogP contribution in [0.5, 0.6) is 0 Å². The predicted octanol–water partition coefficient (Wildman–Crippen LogP) is 4.14. The molecule has 1 saturated heterocycles. The smallest absolute Gasteiger partial charge is 0.413 e. The second-order valence-corrected chi connectivity index (χ2v) is 8.79. The van der Waals surface area contributed by atoms with Gasteiger partial charge in [-0.05, 0) is 48.5 Å². The number of carbonyl (C=O) groups is 1. The summed E-state index contributed by atoms with van der Waals surface area (Å²) in [5.74, 6) is 1.40. The zero-order valence-electron chi connectivity index (χ0n) is 15.7. The third-order valence-corrected chi connectivity index (χ3v) is 4.99. The van der Waals surface area contributed by atoms with Gasteiger partial charge in [0.1, 0.15) is 11.3 Å². The van der Waals surface area contributed by atoms with Gasteiger partial charge in [0, 0.05) is 5.82 Å². The molecule has 1 fully saturated rings. The van der Waals surface area contributed by atoms with Crippen molar-refractivity contribution in [3.63, 3.8) is 0 Å². The van der Waals surface area contributed by atoms with Crippen LogP contribution in [0, 0.1) is 0 Å². The maximum absolute atomic E-state index is 12.5. The average Bonchev–Trinajstić information content (AvgIpc) is 2.70. The molecule has 0 bridgehead atoms. The standard InChI is InChI=1S/C16H30NO6P/c1-8-21-24(19,22-9-2)11-10-13-12-20-16(6,7)17(13)14(18)23-15(3,4)5/h10-11,13H,8-9,12H2,1-7H3/b11-10+/t13-/m1/s1. The number of amides is 1. The average molecular weight is 363 g/mol. The molecule has 0 unspecified atom stereocenters. The van der Waals surface area contributed by atoms with Crippen LogP contribution in [0.3, 0.4) is 0 Å². The summed E-state index contributed by atoms with van der Waals surface area (Å²) < 4.78 is 34.1. The fourth-order valence-electron chi connectivity index (χ4n) is 2.33. The quantitative estimate of drug-likeness (QED) is 0.660. The third kappa shape index (κ3) is 5.88. The monoisotopic (exact) mass is 363 g/mol. The third-order valence-electron chi connectivity index (χ3n) is 3.22. The van der Waals surface area contributed by atoms with Crippen LogP contribution < -0.4 is 0 Å². The molecular weight excluding hydrogens is 333 g/mol. The van der Waals surface area contributed by atoms with Crippen molar-refractivity contribution in [2.24, 2.45) is 0 Å². The van der Waals surface area contributed by atoms with E-state index in [0.29, 0.717) is 0 Å². The van der Waals surface area contributed by atoms with Crippen molar-refractivity contribution < 1.29 is 27.9 Å². The zero-order chi connectivity index (χ0) is 18.6. The lowest BCUT2D eigenvalue weighted by Gasteiger charge is -2.34. The first-order chi connectivity index (χ1) is 10.9. The highest BCUT2D eigenvalue weighted by Crippen LogP contribution is 2.50. The van der Waals surface area contributed by atoms with E-state index in [4.69, 9.17) is 18.5 Å². The zero-order valence-corrected chi connectivity index (χ0v) is 16.6. The van der Waals surface area contributed by atoms with Gasteiger partial charge < -0.3 is 18.5 Å². The molecule has 0 spiro atoms. The highest BCUT2D eigenvalue weighted by atomic mass is 31.2. The molecule has 8 heteroatoms. The summed E-state index contributed by atoms with van der Waals surface area (Å²) in [5, 5.41) is 0. The van der Waals surface area contributed by atoms with E-state index in [1.807, 2.05) is 0 Å². The van der Waals surface area contributed by atoms with Crippen LogP contribution in [-0.2, 0) is 23.1 Å². The number of hydrogen-bond donors (Lipinski definition) is 0. The van der Waals surface area contributed by atoms with Crippen LogP contribution in [-0.4, -0.2) is 48.2 Å². The van der Waals surface area contributed by atoms with E-state index in [1.165, 1.54) is 10.7 Å². The molecule has 0 N–H and O–H groups in total. The van der Waals surface area contributed by atoms with E-state index in [2.05, 4.69) is 0 Å². The van der Waals surface area contributed by atoms with Crippen molar-refractivity contribution in [1.82, 2.24) is 4.90 Å². The molecule has 1 atom stereocenters. The lowest BCUT2D eigenvalue weighted by atomic mass is 10.2. The summed E-state index contributed by atoms with van der Waals surface area (Å²) in [7, 11) is -3.33. The minimum absolute atomic E-state index is 0.268. The molecule has 1 aliphatic heterocycles. The Morgan fingerprint density at radius 1 is 1.29 bits per heavy atom. The molecule has 0 radical (unpaired) electrons. The Balaban J connectivity index is 2.98. The highest BCUT2D eigenvalue weighted by Gasteiger charge is 2.45. The molecule has 0 aromatic carbocycles. The molecule has 1 amide bonds. The number of ether oxygens (including phenoxy) is 2. The van der Waals surface area contributed by atoms with Crippen LogP contribution in [0.4, 0.5) is 4.79 Å². The lowest BCUT2D eigenvalue weighted by molar-refractivity contribution is -0.0610. The van der Waals surface area contributed by atoms with Crippen LogP contribution in [0.25, 0.3) is 0 Å². The topological polar surface area (TPSA) is 74.3 Å². The number of nitrogens with zero attached hydrogens (tertiary/aromatic N) is 1. The SMILES string of the molecule is CCOP(=O)(/C=C/[C@@H]1COC(C)(C)N1C(=O)OC(C)(C)C)OCC. The van der Waals surface area contributed by atoms with Gasteiger partial charge in [0.05, 0.1) is 25.9 Å².